The minimum absolute atomic E-state index is 0.183. The maximum Gasteiger partial charge on any atom is 0.302 e. The van der Waals surface area contributed by atoms with E-state index in [0.29, 0.717) is 22.3 Å². The van der Waals surface area contributed by atoms with E-state index in [9.17, 15) is 4.79 Å². The molecule has 1 atom stereocenters. The van der Waals surface area contributed by atoms with E-state index < -0.39 is 0 Å². The highest BCUT2D eigenvalue weighted by atomic mass is 35.5. The van der Waals surface area contributed by atoms with Crippen molar-refractivity contribution in [3.05, 3.63) is 69.9 Å². The Morgan fingerprint density at radius 3 is 2.44 bits per heavy atom. The van der Waals surface area contributed by atoms with Crippen LogP contribution in [-0.4, -0.2) is 34.1 Å². The number of H-pyrrole nitrogens is 1. The summed E-state index contributed by atoms with van der Waals surface area (Å²) in [5.41, 5.74) is 2.00. The molecule has 1 aromatic carbocycles. The van der Waals surface area contributed by atoms with Gasteiger partial charge in [0.2, 0.25) is 0 Å². The molecule has 0 saturated heterocycles. The summed E-state index contributed by atoms with van der Waals surface area (Å²) in [5, 5.41) is 2.07. The molecule has 2 heterocycles. The number of carbonyl (C=O) groups is 1. The molecule has 0 aliphatic heterocycles. The Morgan fingerprint density at radius 2 is 1.81 bits per heavy atom. The Morgan fingerprint density at radius 1 is 1.12 bits per heavy atom. The Labute approximate surface area is 202 Å². The molecule has 0 bridgehead atoms. The van der Waals surface area contributed by atoms with Crippen molar-refractivity contribution in [1.82, 2.24) is 15.0 Å². The van der Waals surface area contributed by atoms with Gasteiger partial charge in [-0.2, -0.15) is 0 Å². The van der Waals surface area contributed by atoms with Gasteiger partial charge in [0.25, 0.3) is 0 Å². The minimum Gasteiger partial charge on any atom is -0.463 e. The van der Waals surface area contributed by atoms with Crippen LogP contribution in [0, 0.1) is 0 Å². The number of halogens is 2. The summed E-state index contributed by atoms with van der Waals surface area (Å²) < 4.78 is 11.1. The Bertz CT molecular complexity index is 1020. The predicted molar refractivity (Wildman–Crippen MR) is 127 cm³/mol. The van der Waals surface area contributed by atoms with Crippen molar-refractivity contribution in [2.75, 3.05) is 13.2 Å². The molecule has 3 aromatic rings. The average molecular weight is 494 g/mol. The molecule has 0 fully saturated rings. The van der Waals surface area contributed by atoms with Crippen molar-refractivity contribution < 1.29 is 14.3 Å². The lowest BCUT2D eigenvalue weighted by Gasteiger charge is -2.16. The SMILES string of the molecule is CC(=O)OCCOC(Cc1ccncc1)c1nc(C(C)C)c(Sc2cc(Cl)cc(Cl)c2)[nH]1. The van der Waals surface area contributed by atoms with Gasteiger partial charge in [-0.1, -0.05) is 48.8 Å². The number of rotatable bonds is 10. The van der Waals surface area contributed by atoms with E-state index in [-0.39, 0.29) is 31.2 Å². The van der Waals surface area contributed by atoms with E-state index in [0.717, 1.165) is 21.2 Å². The molecule has 0 radical (unpaired) electrons. The summed E-state index contributed by atoms with van der Waals surface area (Å²) in [6.45, 7) is 6.01. The zero-order valence-electron chi connectivity index (χ0n) is 18.1. The number of benzene rings is 1. The molecule has 170 valence electrons. The normalized spacial score (nSPS) is 12.2. The smallest absolute Gasteiger partial charge is 0.302 e. The number of hydrogen-bond donors (Lipinski definition) is 1. The third-order valence-corrected chi connectivity index (χ3v) is 5.92. The molecule has 3 rings (SSSR count). The lowest BCUT2D eigenvalue weighted by Crippen LogP contribution is -2.15. The summed E-state index contributed by atoms with van der Waals surface area (Å²) in [6, 6.07) is 9.33. The van der Waals surface area contributed by atoms with Gasteiger partial charge in [-0.05, 0) is 41.8 Å². The Hall–Kier alpha value is -2.06. The van der Waals surface area contributed by atoms with E-state index in [4.69, 9.17) is 37.7 Å². The van der Waals surface area contributed by atoms with Crippen molar-refractivity contribution in [1.29, 1.82) is 0 Å². The van der Waals surface area contributed by atoms with Crippen molar-refractivity contribution in [2.45, 2.75) is 49.1 Å². The summed E-state index contributed by atoms with van der Waals surface area (Å²) in [6.07, 6.45) is 3.75. The number of carbonyl (C=O) groups excluding carboxylic acids is 1. The van der Waals surface area contributed by atoms with Gasteiger partial charge in [0.1, 0.15) is 23.6 Å². The van der Waals surface area contributed by atoms with Crippen LogP contribution in [0.2, 0.25) is 10.0 Å². The van der Waals surface area contributed by atoms with Crippen molar-refractivity contribution in [3.8, 4) is 0 Å². The van der Waals surface area contributed by atoms with Crippen LogP contribution in [0.1, 0.15) is 49.9 Å². The second-order valence-electron chi connectivity index (χ2n) is 7.46. The van der Waals surface area contributed by atoms with E-state index >= 15 is 0 Å². The van der Waals surface area contributed by atoms with Crippen LogP contribution in [0.15, 0.2) is 52.6 Å². The predicted octanol–water partition coefficient (Wildman–Crippen LogP) is 6.25. The number of ether oxygens (including phenoxy) is 2. The first kappa shape index (κ1) is 24.6. The lowest BCUT2D eigenvalue weighted by molar-refractivity contribution is -0.143. The Kier molecular flexibility index (Phi) is 8.99. The topological polar surface area (TPSA) is 77.1 Å². The number of nitrogens with zero attached hydrogens (tertiary/aromatic N) is 2. The third-order valence-electron chi connectivity index (χ3n) is 4.50. The van der Waals surface area contributed by atoms with E-state index in [1.54, 1.807) is 18.5 Å². The molecule has 9 heteroatoms. The second-order valence-corrected chi connectivity index (χ2v) is 9.41. The highest BCUT2D eigenvalue weighted by Gasteiger charge is 2.22. The standard InChI is InChI=1S/C23H25Cl2N3O3S/c1-14(2)21-23(32-19-12-17(24)11-18(25)13-19)28-22(27-21)20(31-9-8-30-15(3)29)10-16-4-6-26-7-5-16/h4-7,11-14,20H,8-10H2,1-3H3,(H,27,28). The average Bonchev–Trinajstić information content (AvgIpc) is 3.14. The fourth-order valence-electron chi connectivity index (χ4n) is 3.06. The number of hydrogen-bond acceptors (Lipinski definition) is 6. The van der Waals surface area contributed by atoms with Crippen LogP contribution in [0.4, 0.5) is 0 Å². The summed E-state index contributed by atoms with van der Waals surface area (Å²) >= 11 is 13.9. The molecule has 1 unspecified atom stereocenters. The number of aromatic nitrogens is 3. The van der Waals surface area contributed by atoms with E-state index in [1.165, 1.54) is 18.7 Å². The van der Waals surface area contributed by atoms with Gasteiger partial charge in [0, 0.05) is 40.7 Å². The summed E-state index contributed by atoms with van der Waals surface area (Å²) in [4.78, 5) is 24.4. The lowest BCUT2D eigenvalue weighted by atomic mass is 10.1. The monoisotopic (exact) mass is 493 g/mol. The quantitative estimate of drug-likeness (QED) is 0.265. The molecular formula is C23H25Cl2N3O3S. The van der Waals surface area contributed by atoms with Gasteiger partial charge >= 0.3 is 5.97 Å². The van der Waals surface area contributed by atoms with E-state index in [2.05, 4.69) is 23.8 Å². The third kappa shape index (κ3) is 7.24. The van der Waals surface area contributed by atoms with Crippen molar-refractivity contribution in [3.63, 3.8) is 0 Å². The maximum atomic E-state index is 11.1. The van der Waals surface area contributed by atoms with Crippen LogP contribution in [-0.2, 0) is 20.7 Å². The highest BCUT2D eigenvalue weighted by molar-refractivity contribution is 7.99. The van der Waals surface area contributed by atoms with Gasteiger partial charge in [0.05, 0.1) is 12.3 Å². The minimum atomic E-state index is -0.345. The molecule has 0 aliphatic carbocycles. The Balaban J connectivity index is 1.86. The first-order valence-corrected chi connectivity index (χ1v) is 11.8. The highest BCUT2D eigenvalue weighted by Crippen LogP contribution is 2.36. The number of imidazole rings is 1. The number of pyridine rings is 1. The first-order valence-electron chi connectivity index (χ1n) is 10.2. The van der Waals surface area contributed by atoms with Crippen LogP contribution >= 0.6 is 35.0 Å². The number of esters is 1. The number of aromatic amines is 1. The molecule has 0 amide bonds. The van der Waals surface area contributed by atoms with Gasteiger partial charge in [-0.3, -0.25) is 9.78 Å². The van der Waals surface area contributed by atoms with E-state index in [1.807, 2.05) is 24.3 Å². The number of nitrogens with one attached hydrogen (secondary N) is 1. The van der Waals surface area contributed by atoms with Gasteiger partial charge < -0.3 is 14.5 Å². The summed E-state index contributed by atoms with van der Waals surface area (Å²) in [7, 11) is 0. The zero-order chi connectivity index (χ0) is 23.1. The molecule has 2 aromatic heterocycles. The maximum absolute atomic E-state index is 11.1. The molecule has 0 spiro atoms. The molecule has 0 aliphatic rings. The van der Waals surface area contributed by atoms with Crippen LogP contribution in [0.25, 0.3) is 0 Å². The van der Waals surface area contributed by atoms with Crippen molar-refractivity contribution >= 4 is 40.9 Å². The van der Waals surface area contributed by atoms with Crippen LogP contribution < -0.4 is 0 Å². The van der Waals surface area contributed by atoms with Gasteiger partial charge in [-0.25, -0.2) is 4.98 Å². The molecule has 32 heavy (non-hydrogen) atoms. The molecule has 1 N–H and O–H groups in total. The largest absolute Gasteiger partial charge is 0.463 e. The second kappa shape index (κ2) is 11.7. The van der Waals surface area contributed by atoms with Crippen LogP contribution in [0.3, 0.4) is 0 Å². The summed E-state index contributed by atoms with van der Waals surface area (Å²) in [5.74, 6) is 0.571. The van der Waals surface area contributed by atoms with Crippen molar-refractivity contribution in [2.24, 2.45) is 0 Å². The molecular weight excluding hydrogens is 469 g/mol. The van der Waals surface area contributed by atoms with Crippen LogP contribution in [0.5, 0.6) is 0 Å². The van der Waals surface area contributed by atoms with Gasteiger partial charge in [-0.15, -0.1) is 0 Å². The molecule has 0 saturated carbocycles. The van der Waals surface area contributed by atoms with Gasteiger partial charge in [0.15, 0.2) is 0 Å². The first-order chi connectivity index (χ1) is 15.3. The fraction of sp³-hybridized carbons (Fsp3) is 0.348. The fourth-order valence-corrected chi connectivity index (χ4v) is 4.86. The zero-order valence-corrected chi connectivity index (χ0v) is 20.4. The molecule has 6 nitrogen and oxygen atoms in total.